The third-order valence-corrected chi connectivity index (χ3v) is 6.29. The molecule has 8 heteroatoms. The van der Waals surface area contributed by atoms with Crippen molar-refractivity contribution < 1.29 is 14.3 Å². The van der Waals surface area contributed by atoms with E-state index in [1.807, 2.05) is 36.4 Å². The van der Waals surface area contributed by atoms with Gasteiger partial charge in [-0.2, -0.15) is 0 Å². The quantitative estimate of drug-likeness (QED) is 0.386. The Bertz CT molecular complexity index is 1150. The zero-order valence-corrected chi connectivity index (χ0v) is 22.0. The van der Waals surface area contributed by atoms with Crippen LogP contribution < -0.4 is 15.4 Å². The lowest BCUT2D eigenvalue weighted by Gasteiger charge is -2.26. The van der Waals surface area contributed by atoms with E-state index in [4.69, 9.17) is 9.47 Å². The van der Waals surface area contributed by atoms with Gasteiger partial charge in [0.2, 0.25) is 5.88 Å². The van der Waals surface area contributed by atoms with Gasteiger partial charge in [0.25, 0.3) is 5.91 Å². The fourth-order valence-corrected chi connectivity index (χ4v) is 4.10. The van der Waals surface area contributed by atoms with Gasteiger partial charge in [-0.05, 0) is 53.3 Å². The van der Waals surface area contributed by atoms with Crippen LogP contribution in [-0.4, -0.2) is 60.2 Å². The van der Waals surface area contributed by atoms with Crippen molar-refractivity contribution in [2.75, 3.05) is 50.1 Å². The molecule has 1 aromatic carbocycles. The molecule has 37 heavy (non-hydrogen) atoms. The highest BCUT2D eigenvalue weighted by Crippen LogP contribution is 2.24. The second-order valence-electron chi connectivity index (χ2n) is 10.2. The molecule has 1 aliphatic rings. The summed E-state index contributed by atoms with van der Waals surface area (Å²) in [6, 6.07) is 15.3. The average molecular weight is 504 g/mol. The van der Waals surface area contributed by atoms with Crippen molar-refractivity contribution in [3.05, 3.63) is 77.6 Å². The maximum atomic E-state index is 13.0. The number of hydrogen-bond donors (Lipinski definition) is 2. The minimum absolute atomic E-state index is 0.0593. The molecule has 2 aromatic heterocycles. The van der Waals surface area contributed by atoms with Crippen LogP contribution in [0, 0.1) is 0 Å². The third-order valence-electron chi connectivity index (χ3n) is 6.29. The van der Waals surface area contributed by atoms with Gasteiger partial charge in [-0.1, -0.05) is 32.9 Å². The maximum absolute atomic E-state index is 13.0. The molecule has 2 N–H and O–H groups in total. The Labute approximate surface area is 219 Å². The highest BCUT2D eigenvalue weighted by molar-refractivity contribution is 6.07. The SMILES string of the molecule is CC(C)(C)c1ccc(NC(=O)c2cccnc2NCc2ccnc(OCCCN3CCOCC3)c2)cc1. The van der Waals surface area contributed by atoms with Gasteiger partial charge in [0, 0.05) is 50.3 Å². The monoisotopic (exact) mass is 503 g/mol. The van der Waals surface area contributed by atoms with Crippen molar-refractivity contribution >= 4 is 17.4 Å². The number of amides is 1. The lowest BCUT2D eigenvalue weighted by atomic mass is 9.87. The molecule has 1 amide bonds. The van der Waals surface area contributed by atoms with E-state index in [9.17, 15) is 4.79 Å². The summed E-state index contributed by atoms with van der Waals surface area (Å²) < 4.78 is 11.3. The Morgan fingerprint density at radius 3 is 2.59 bits per heavy atom. The number of nitrogens with zero attached hydrogens (tertiary/aromatic N) is 3. The van der Waals surface area contributed by atoms with Gasteiger partial charge in [0.1, 0.15) is 5.82 Å². The first-order valence-electron chi connectivity index (χ1n) is 12.9. The molecule has 0 saturated carbocycles. The molecule has 0 radical (unpaired) electrons. The average Bonchev–Trinajstić information content (AvgIpc) is 2.91. The van der Waals surface area contributed by atoms with Gasteiger partial charge in [-0.15, -0.1) is 0 Å². The zero-order chi connectivity index (χ0) is 26.1. The molecule has 196 valence electrons. The van der Waals surface area contributed by atoms with E-state index >= 15 is 0 Å². The Hall–Kier alpha value is -3.49. The Morgan fingerprint density at radius 1 is 1.05 bits per heavy atom. The van der Waals surface area contributed by atoms with Crippen LogP contribution >= 0.6 is 0 Å². The predicted octanol–water partition coefficient (Wildman–Crippen LogP) is 4.74. The number of anilines is 2. The summed E-state index contributed by atoms with van der Waals surface area (Å²) in [5, 5.41) is 6.27. The number of hydrogen-bond acceptors (Lipinski definition) is 7. The number of carbonyl (C=O) groups is 1. The molecule has 1 fully saturated rings. The molecule has 0 unspecified atom stereocenters. The van der Waals surface area contributed by atoms with E-state index in [2.05, 4.69) is 46.3 Å². The minimum Gasteiger partial charge on any atom is -0.478 e. The van der Waals surface area contributed by atoms with E-state index in [-0.39, 0.29) is 11.3 Å². The van der Waals surface area contributed by atoms with E-state index in [0.29, 0.717) is 30.4 Å². The molecule has 0 spiro atoms. The number of aromatic nitrogens is 2. The summed E-state index contributed by atoms with van der Waals surface area (Å²) in [6.07, 6.45) is 4.35. The van der Waals surface area contributed by atoms with Crippen LogP contribution in [-0.2, 0) is 16.7 Å². The summed E-state index contributed by atoms with van der Waals surface area (Å²) in [7, 11) is 0. The third kappa shape index (κ3) is 8.00. The summed E-state index contributed by atoms with van der Waals surface area (Å²) >= 11 is 0. The van der Waals surface area contributed by atoms with Crippen LogP contribution in [0.3, 0.4) is 0 Å². The smallest absolute Gasteiger partial charge is 0.259 e. The van der Waals surface area contributed by atoms with Gasteiger partial charge in [0.15, 0.2) is 0 Å². The molecule has 1 saturated heterocycles. The van der Waals surface area contributed by atoms with Crippen molar-refractivity contribution in [1.82, 2.24) is 14.9 Å². The summed E-state index contributed by atoms with van der Waals surface area (Å²) in [4.78, 5) is 24.1. The number of pyridine rings is 2. The lowest BCUT2D eigenvalue weighted by molar-refractivity contribution is 0.0357. The van der Waals surface area contributed by atoms with Crippen LogP contribution in [0.4, 0.5) is 11.5 Å². The summed E-state index contributed by atoms with van der Waals surface area (Å²) in [5.74, 6) is 0.910. The largest absolute Gasteiger partial charge is 0.478 e. The van der Waals surface area contributed by atoms with Crippen molar-refractivity contribution in [3.8, 4) is 5.88 Å². The van der Waals surface area contributed by atoms with Gasteiger partial charge in [0.05, 0.1) is 25.4 Å². The van der Waals surface area contributed by atoms with Gasteiger partial charge >= 0.3 is 0 Å². The molecule has 4 rings (SSSR count). The highest BCUT2D eigenvalue weighted by Gasteiger charge is 2.15. The second kappa shape index (κ2) is 12.7. The number of ether oxygens (including phenoxy) is 2. The highest BCUT2D eigenvalue weighted by atomic mass is 16.5. The molecule has 0 aliphatic carbocycles. The second-order valence-corrected chi connectivity index (χ2v) is 10.2. The van der Waals surface area contributed by atoms with Crippen molar-refractivity contribution in [2.24, 2.45) is 0 Å². The van der Waals surface area contributed by atoms with Crippen LogP contribution in [0.5, 0.6) is 5.88 Å². The Kier molecular flexibility index (Phi) is 9.09. The van der Waals surface area contributed by atoms with Crippen LogP contribution in [0.2, 0.25) is 0 Å². The molecule has 1 aliphatic heterocycles. The van der Waals surface area contributed by atoms with Crippen molar-refractivity contribution in [2.45, 2.75) is 39.2 Å². The molecule has 3 aromatic rings. The van der Waals surface area contributed by atoms with Crippen LogP contribution in [0.25, 0.3) is 0 Å². The standard InChI is InChI=1S/C29H37N5O3/c1-29(2,3)23-7-9-24(10-8-23)33-28(35)25-6-4-12-31-27(25)32-21-22-11-13-30-26(20-22)37-17-5-14-34-15-18-36-19-16-34/h4,6-13,20H,5,14-19,21H2,1-3H3,(H,31,32)(H,33,35). The van der Waals surface area contributed by atoms with Crippen LogP contribution in [0.1, 0.15) is 48.7 Å². The fraction of sp³-hybridized carbons (Fsp3) is 0.414. The molecule has 0 atom stereocenters. The topological polar surface area (TPSA) is 88.6 Å². The fourth-order valence-electron chi connectivity index (χ4n) is 4.10. The first kappa shape index (κ1) is 26.6. The Morgan fingerprint density at radius 2 is 1.84 bits per heavy atom. The molecule has 3 heterocycles. The number of carbonyl (C=O) groups excluding carboxylic acids is 1. The van der Waals surface area contributed by atoms with Gasteiger partial charge < -0.3 is 20.1 Å². The van der Waals surface area contributed by atoms with E-state index < -0.39 is 0 Å². The van der Waals surface area contributed by atoms with E-state index in [1.54, 1.807) is 24.5 Å². The molecular formula is C29H37N5O3. The number of benzene rings is 1. The van der Waals surface area contributed by atoms with Gasteiger partial charge in [-0.25, -0.2) is 9.97 Å². The minimum atomic E-state index is -0.210. The van der Waals surface area contributed by atoms with E-state index in [1.165, 1.54) is 5.56 Å². The first-order valence-corrected chi connectivity index (χ1v) is 12.9. The lowest BCUT2D eigenvalue weighted by Crippen LogP contribution is -2.37. The van der Waals surface area contributed by atoms with Crippen LogP contribution in [0.15, 0.2) is 60.9 Å². The molecule has 8 nitrogen and oxygen atoms in total. The summed E-state index contributed by atoms with van der Waals surface area (Å²) in [5.41, 5.74) is 3.50. The molecular weight excluding hydrogens is 466 g/mol. The normalized spacial score (nSPS) is 14.2. The number of rotatable bonds is 10. The van der Waals surface area contributed by atoms with Crippen molar-refractivity contribution in [1.29, 1.82) is 0 Å². The summed E-state index contributed by atoms with van der Waals surface area (Å²) in [6.45, 7) is 12.2. The molecule has 0 bridgehead atoms. The van der Waals surface area contributed by atoms with Gasteiger partial charge in [-0.3, -0.25) is 9.69 Å². The first-order chi connectivity index (χ1) is 17.9. The van der Waals surface area contributed by atoms with Crippen molar-refractivity contribution in [3.63, 3.8) is 0 Å². The van der Waals surface area contributed by atoms with E-state index in [0.717, 1.165) is 50.5 Å². The number of morpholine rings is 1. The predicted molar refractivity (Wildman–Crippen MR) is 146 cm³/mol. The Balaban J connectivity index is 1.30. The zero-order valence-electron chi connectivity index (χ0n) is 22.0. The number of nitrogens with one attached hydrogen (secondary N) is 2. The maximum Gasteiger partial charge on any atom is 0.259 e.